The lowest BCUT2D eigenvalue weighted by molar-refractivity contribution is 0.0529. The predicted octanol–water partition coefficient (Wildman–Crippen LogP) is 3.43. The average molecular weight is 505 g/mol. The second-order valence-electron chi connectivity index (χ2n) is 7.68. The summed E-state index contributed by atoms with van der Waals surface area (Å²) in [4.78, 5) is 7.17. The lowest BCUT2D eigenvalue weighted by Gasteiger charge is -2.37. The summed E-state index contributed by atoms with van der Waals surface area (Å²) in [6, 6.07) is 6.98. The third-order valence-corrected chi connectivity index (χ3v) is 5.67. The molecule has 2 heterocycles. The number of nitrogens with zero attached hydrogens (tertiary/aromatic N) is 2. The van der Waals surface area contributed by atoms with Gasteiger partial charge < -0.3 is 19.7 Å². The zero-order chi connectivity index (χ0) is 19.1. The second-order valence-corrected chi connectivity index (χ2v) is 7.68. The number of hydrogen-bond donors (Lipinski definition) is 1. The Labute approximate surface area is 185 Å². The number of ether oxygens (including phenoxy) is 2. The molecule has 3 rings (SSSR count). The molecule has 1 N–H and O–H groups in total. The maximum Gasteiger partial charge on any atom is 0.193 e. The number of halogens is 2. The summed E-state index contributed by atoms with van der Waals surface area (Å²) < 4.78 is 25.0. The molecule has 7 heteroatoms. The van der Waals surface area contributed by atoms with Crippen LogP contribution in [0.2, 0.25) is 0 Å². The van der Waals surface area contributed by atoms with E-state index < -0.39 is 0 Å². The minimum atomic E-state index is -0.187. The van der Waals surface area contributed by atoms with Crippen molar-refractivity contribution in [2.24, 2.45) is 10.9 Å². The Morgan fingerprint density at radius 1 is 1.29 bits per heavy atom. The van der Waals surface area contributed by atoms with Gasteiger partial charge in [-0.15, -0.1) is 24.0 Å². The van der Waals surface area contributed by atoms with Gasteiger partial charge in [-0.25, -0.2) is 4.39 Å². The molecular formula is C21H33FIN3O2. The molecule has 1 unspecified atom stereocenters. The molecule has 2 saturated heterocycles. The second kappa shape index (κ2) is 11.3. The van der Waals surface area contributed by atoms with Crippen LogP contribution in [0.4, 0.5) is 4.39 Å². The molecule has 1 aromatic rings. The molecule has 0 bridgehead atoms. The highest BCUT2D eigenvalue weighted by Gasteiger charge is 2.35. The zero-order valence-electron chi connectivity index (χ0n) is 17.0. The third kappa shape index (κ3) is 6.03. The molecule has 0 aromatic heterocycles. The first-order valence-corrected chi connectivity index (χ1v) is 10.0. The van der Waals surface area contributed by atoms with E-state index in [1.807, 2.05) is 6.07 Å². The molecule has 5 nitrogen and oxygen atoms in total. The number of guanidine groups is 1. The van der Waals surface area contributed by atoms with Crippen molar-refractivity contribution >= 4 is 29.9 Å². The molecule has 28 heavy (non-hydrogen) atoms. The maximum absolute atomic E-state index is 13.9. The standard InChI is InChI=1S/C21H32FN3O2.HI/c1-3-23-20(25(2)14-17-7-10-27-15-17)24-16-21(8-11-26-12-9-21)18-5-4-6-19(22)13-18;/h4-6,13,17H,3,7-12,14-16H2,1-2H3,(H,23,24);1H. The summed E-state index contributed by atoms with van der Waals surface area (Å²) in [6.07, 6.45) is 2.83. The van der Waals surface area contributed by atoms with Crippen molar-refractivity contribution < 1.29 is 13.9 Å². The van der Waals surface area contributed by atoms with E-state index >= 15 is 0 Å². The maximum atomic E-state index is 13.9. The van der Waals surface area contributed by atoms with Gasteiger partial charge in [0.2, 0.25) is 0 Å². The van der Waals surface area contributed by atoms with Crippen molar-refractivity contribution in [2.75, 3.05) is 53.1 Å². The van der Waals surface area contributed by atoms with Crippen LogP contribution >= 0.6 is 24.0 Å². The number of nitrogens with one attached hydrogen (secondary N) is 1. The molecule has 2 fully saturated rings. The van der Waals surface area contributed by atoms with E-state index in [-0.39, 0.29) is 35.2 Å². The minimum Gasteiger partial charge on any atom is -0.381 e. The summed E-state index contributed by atoms with van der Waals surface area (Å²) in [7, 11) is 2.08. The van der Waals surface area contributed by atoms with Gasteiger partial charge in [0.1, 0.15) is 5.82 Å². The number of rotatable bonds is 6. The first-order valence-electron chi connectivity index (χ1n) is 10.0. The van der Waals surface area contributed by atoms with Gasteiger partial charge in [-0.05, 0) is 43.9 Å². The zero-order valence-corrected chi connectivity index (χ0v) is 19.3. The molecule has 0 saturated carbocycles. The fourth-order valence-electron chi connectivity index (χ4n) is 4.02. The quantitative estimate of drug-likeness (QED) is 0.366. The lowest BCUT2D eigenvalue weighted by atomic mass is 9.74. The summed E-state index contributed by atoms with van der Waals surface area (Å²) in [5.41, 5.74) is 0.857. The molecule has 1 aromatic carbocycles. The van der Waals surface area contributed by atoms with E-state index in [1.165, 1.54) is 6.07 Å². The Balaban J connectivity index is 0.00000280. The summed E-state index contributed by atoms with van der Waals surface area (Å²) in [6.45, 7) is 7.54. The van der Waals surface area contributed by atoms with Crippen LogP contribution in [0.25, 0.3) is 0 Å². The van der Waals surface area contributed by atoms with Crippen LogP contribution in [0.3, 0.4) is 0 Å². The monoisotopic (exact) mass is 505 g/mol. The number of hydrogen-bond acceptors (Lipinski definition) is 3. The van der Waals surface area contributed by atoms with Crippen molar-refractivity contribution in [3.8, 4) is 0 Å². The van der Waals surface area contributed by atoms with Crippen LogP contribution in [-0.4, -0.2) is 64.0 Å². The van der Waals surface area contributed by atoms with Crippen LogP contribution in [0, 0.1) is 11.7 Å². The van der Waals surface area contributed by atoms with Crippen molar-refractivity contribution in [2.45, 2.75) is 31.6 Å². The van der Waals surface area contributed by atoms with Crippen molar-refractivity contribution in [1.82, 2.24) is 10.2 Å². The summed E-state index contributed by atoms with van der Waals surface area (Å²) >= 11 is 0. The van der Waals surface area contributed by atoms with Crippen molar-refractivity contribution in [3.05, 3.63) is 35.6 Å². The lowest BCUT2D eigenvalue weighted by Crippen LogP contribution is -2.43. The molecule has 0 amide bonds. The summed E-state index contributed by atoms with van der Waals surface area (Å²) in [5.74, 6) is 1.28. The van der Waals surface area contributed by atoms with E-state index in [1.54, 1.807) is 12.1 Å². The van der Waals surface area contributed by atoms with Crippen LogP contribution in [0.5, 0.6) is 0 Å². The summed E-state index contributed by atoms with van der Waals surface area (Å²) in [5, 5.41) is 3.41. The molecule has 0 aliphatic carbocycles. The van der Waals surface area contributed by atoms with Gasteiger partial charge in [-0.3, -0.25) is 4.99 Å². The van der Waals surface area contributed by atoms with Crippen LogP contribution < -0.4 is 5.32 Å². The molecule has 1 atom stereocenters. The number of aliphatic imine (C=N–C) groups is 1. The van der Waals surface area contributed by atoms with Gasteiger partial charge in [0.05, 0.1) is 13.2 Å². The largest absolute Gasteiger partial charge is 0.381 e. The normalized spacial score (nSPS) is 21.8. The molecule has 0 radical (unpaired) electrons. The Kier molecular flexibility index (Phi) is 9.43. The van der Waals surface area contributed by atoms with Gasteiger partial charge in [-0.2, -0.15) is 0 Å². The van der Waals surface area contributed by atoms with Gasteiger partial charge in [0, 0.05) is 51.3 Å². The third-order valence-electron chi connectivity index (χ3n) is 5.67. The molecule has 158 valence electrons. The smallest absolute Gasteiger partial charge is 0.193 e. The van der Waals surface area contributed by atoms with Gasteiger partial charge in [0.25, 0.3) is 0 Å². The van der Waals surface area contributed by atoms with Crippen LogP contribution in [0.1, 0.15) is 31.7 Å². The van der Waals surface area contributed by atoms with E-state index in [0.29, 0.717) is 25.7 Å². The van der Waals surface area contributed by atoms with Crippen LogP contribution in [0.15, 0.2) is 29.3 Å². The van der Waals surface area contributed by atoms with Crippen molar-refractivity contribution in [1.29, 1.82) is 0 Å². The SMILES string of the molecule is CCNC(=NCC1(c2cccc(F)c2)CCOCC1)N(C)CC1CCOC1.I. The first kappa shape index (κ1) is 23.3. The van der Waals surface area contributed by atoms with E-state index in [0.717, 1.165) is 57.1 Å². The molecule has 0 spiro atoms. The Hall–Kier alpha value is -0.930. The van der Waals surface area contributed by atoms with Crippen molar-refractivity contribution in [3.63, 3.8) is 0 Å². The fraction of sp³-hybridized carbons (Fsp3) is 0.667. The Bertz CT molecular complexity index is 632. The van der Waals surface area contributed by atoms with Gasteiger partial charge >= 0.3 is 0 Å². The number of benzene rings is 1. The van der Waals surface area contributed by atoms with E-state index in [2.05, 4.69) is 24.2 Å². The topological polar surface area (TPSA) is 46.1 Å². The van der Waals surface area contributed by atoms with Gasteiger partial charge in [0.15, 0.2) is 5.96 Å². The Morgan fingerprint density at radius 2 is 2.07 bits per heavy atom. The predicted molar refractivity (Wildman–Crippen MR) is 121 cm³/mol. The van der Waals surface area contributed by atoms with E-state index in [4.69, 9.17) is 14.5 Å². The average Bonchev–Trinajstić information content (AvgIpc) is 3.19. The van der Waals surface area contributed by atoms with Crippen LogP contribution in [-0.2, 0) is 14.9 Å². The molecular weight excluding hydrogens is 472 g/mol. The fourth-order valence-corrected chi connectivity index (χ4v) is 4.02. The first-order chi connectivity index (χ1) is 13.1. The molecule has 2 aliphatic heterocycles. The highest BCUT2D eigenvalue weighted by atomic mass is 127. The molecule has 2 aliphatic rings. The highest BCUT2D eigenvalue weighted by molar-refractivity contribution is 14.0. The Morgan fingerprint density at radius 3 is 2.71 bits per heavy atom. The van der Waals surface area contributed by atoms with E-state index in [9.17, 15) is 4.39 Å². The highest BCUT2D eigenvalue weighted by Crippen LogP contribution is 2.35. The van der Waals surface area contributed by atoms with Gasteiger partial charge in [-0.1, -0.05) is 12.1 Å². The minimum absolute atomic E-state index is 0.